The Kier molecular flexibility index (Phi) is 10.4. The van der Waals surface area contributed by atoms with Crippen molar-refractivity contribution < 1.29 is 0 Å². The van der Waals surface area contributed by atoms with Gasteiger partial charge in [0.1, 0.15) is 54.9 Å². The standard InChI is InChI=1S/C60H33B7N2/c61-52-48(53(62)57(66)59-50(52)51-54(63)55(64)56(65)58(67)60(51)69(59)43-19-10-18-40(32-43)36-16-8-3-9-17-36)41-28-31-46-45(33-41)49-44(39-24-22-37(23-25-39)34-12-4-1-5-13-34)20-11-21-47(49)68(46)42-29-26-38(27-30-42)35-14-6-2-7-15-35/h1-33H. The average Bonchev–Trinajstić information content (AvgIpc) is 3.94. The molecule has 10 aromatic carbocycles. The van der Waals surface area contributed by atoms with Crippen LogP contribution in [0.5, 0.6) is 0 Å². The summed E-state index contributed by atoms with van der Waals surface area (Å²) in [6.45, 7) is 0. The Bertz CT molecular complexity index is 3990. The molecule has 9 heteroatoms. The van der Waals surface area contributed by atoms with Crippen LogP contribution in [0.4, 0.5) is 0 Å². The average molecular weight is 858 g/mol. The molecule has 69 heavy (non-hydrogen) atoms. The van der Waals surface area contributed by atoms with Crippen LogP contribution in [0.1, 0.15) is 0 Å². The van der Waals surface area contributed by atoms with E-state index in [2.05, 4.69) is 162 Å². The molecule has 0 fully saturated rings. The van der Waals surface area contributed by atoms with Gasteiger partial charge >= 0.3 is 0 Å². The topological polar surface area (TPSA) is 9.86 Å². The molecule has 2 aromatic heterocycles. The first-order valence-corrected chi connectivity index (χ1v) is 22.8. The zero-order valence-electron chi connectivity index (χ0n) is 37.5. The molecular formula is C60H33B7N2. The molecule has 0 atom stereocenters. The highest BCUT2D eigenvalue weighted by Gasteiger charge is 2.25. The van der Waals surface area contributed by atoms with Crippen LogP contribution in [0, 0.1) is 0 Å². The summed E-state index contributed by atoms with van der Waals surface area (Å²) in [6.07, 6.45) is 0. The first-order valence-electron chi connectivity index (χ1n) is 22.8. The van der Waals surface area contributed by atoms with E-state index in [1.807, 2.05) is 47.0 Å². The highest BCUT2D eigenvalue weighted by molar-refractivity contribution is 6.69. The summed E-state index contributed by atoms with van der Waals surface area (Å²) in [5, 5.41) is 3.21. The Hall–Kier alpha value is -7.75. The van der Waals surface area contributed by atoms with Crippen LogP contribution < -0.4 is 38.2 Å². The van der Waals surface area contributed by atoms with Crippen LogP contribution in [0.25, 0.3) is 111 Å². The summed E-state index contributed by atoms with van der Waals surface area (Å²) in [4.78, 5) is 0. The minimum Gasteiger partial charge on any atom is -0.311 e. The molecule has 14 radical (unpaired) electrons. The van der Waals surface area contributed by atoms with E-state index in [9.17, 15) is 0 Å². The zero-order valence-corrected chi connectivity index (χ0v) is 37.5. The number of hydrogen-bond acceptors (Lipinski definition) is 0. The molecule has 0 N–H and O–H groups in total. The SMILES string of the molecule is [B]c1c([B])c([B])c2c(c1[B])c1c([B])c(-c3ccc4c(c3)c3c(-c5ccc(-c6ccccc6)cc5)cccc3n4-c3ccc(-c4ccccc4)cc3)c([B])c([B])c1n2-c1cccc(-c2ccccc2)c1. The molecule has 0 amide bonds. The van der Waals surface area contributed by atoms with Gasteiger partial charge in [0, 0.05) is 38.6 Å². The second kappa shape index (κ2) is 16.8. The predicted octanol–water partition coefficient (Wildman–Crippen LogP) is 7.77. The molecule has 0 spiro atoms. The van der Waals surface area contributed by atoms with Gasteiger partial charge in [0.2, 0.25) is 0 Å². The Morgan fingerprint density at radius 3 is 1.36 bits per heavy atom. The second-order valence-corrected chi connectivity index (χ2v) is 17.6. The number of aromatic nitrogens is 2. The number of nitrogens with zero attached hydrogens (tertiary/aromatic N) is 2. The lowest BCUT2D eigenvalue weighted by Gasteiger charge is -2.19. The van der Waals surface area contributed by atoms with Gasteiger partial charge in [0.05, 0.1) is 11.0 Å². The fourth-order valence-electron chi connectivity index (χ4n) is 10.4. The van der Waals surface area contributed by atoms with Crippen molar-refractivity contribution in [1.82, 2.24) is 9.13 Å². The molecule has 0 aliphatic heterocycles. The number of fused-ring (bicyclic) bond motifs is 6. The lowest BCUT2D eigenvalue weighted by molar-refractivity contribution is 1.18. The van der Waals surface area contributed by atoms with Crippen LogP contribution in [-0.4, -0.2) is 64.1 Å². The molecule has 12 rings (SSSR count). The molecule has 0 aliphatic carbocycles. The Balaban J connectivity index is 1.11. The molecule has 12 aromatic rings. The number of rotatable bonds is 7. The highest BCUT2D eigenvalue weighted by Crippen LogP contribution is 2.41. The van der Waals surface area contributed by atoms with E-state index in [1.54, 1.807) is 0 Å². The lowest BCUT2D eigenvalue weighted by atomic mass is 9.64. The van der Waals surface area contributed by atoms with Crippen molar-refractivity contribution in [2.45, 2.75) is 0 Å². The smallest absolute Gasteiger partial charge is 0.115 e. The normalized spacial score (nSPS) is 11.6. The lowest BCUT2D eigenvalue weighted by Crippen LogP contribution is -2.48. The third-order valence-electron chi connectivity index (χ3n) is 13.7. The van der Waals surface area contributed by atoms with Crippen molar-refractivity contribution in [1.29, 1.82) is 0 Å². The van der Waals surface area contributed by atoms with Gasteiger partial charge in [-0.25, -0.2) is 0 Å². The summed E-state index contributed by atoms with van der Waals surface area (Å²) in [5.41, 5.74) is 16.9. The van der Waals surface area contributed by atoms with Gasteiger partial charge in [-0.3, -0.25) is 0 Å². The monoisotopic (exact) mass is 858 g/mol. The van der Waals surface area contributed by atoms with Crippen molar-refractivity contribution >= 4 is 137 Å². The van der Waals surface area contributed by atoms with Gasteiger partial charge in [0.25, 0.3) is 0 Å². The van der Waals surface area contributed by atoms with Gasteiger partial charge in [0.15, 0.2) is 0 Å². The van der Waals surface area contributed by atoms with Crippen molar-refractivity contribution in [3.8, 4) is 67.0 Å². The van der Waals surface area contributed by atoms with Gasteiger partial charge in [-0.2, -0.15) is 0 Å². The summed E-state index contributed by atoms with van der Waals surface area (Å²) >= 11 is 0. The molecule has 2 nitrogen and oxygen atoms in total. The van der Waals surface area contributed by atoms with E-state index in [0.717, 1.165) is 83.3 Å². The predicted molar refractivity (Wildman–Crippen MR) is 300 cm³/mol. The van der Waals surface area contributed by atoms with E-state index in [0.29, 0.717) is 43.8 Å². The maximum absolute atomic E-state index is 7.48. The fourth-order valence-corrected chi connectivity index (χ4v) is 10.4. The minimum atomic E-state index is 0.170. The molecule has 0 unspecified atom stereocenters. The Labute approximate surface area is 410 Å². The Morgan fingerprint density at radius 2 is 0.739 bits per heavy atom. The maximum atomic E-state index is 7.48. The molecule has 0 aliphatic rings. The summed E-state index contributed by atoms with van der Waals surface area (Å²) in [5.74, 6) is 0. The zero-order chi connectivity index (χ0) is 47.1. The summed E-state index contributed by atoms with van der Waals surface area (Å²) in [6, 6.07) is 69.4. The van der Waals surface area contributed by atoms with Crippen LogP contribution >= 0.6 is 0 Å². The molecule has 0 bridgehead atoms. The van der Waals surface area contributed by atoms with E-state index in [1.165, 1.54) is 0 Å². The third kappa shape index (κ3) is 6.81. The largest absolute Gasteiger partial charge is 0.311 e. The van der Waals surface area contributed by atoms with Crippen molar-refractivity contribution in [2.75, 3.05) is 0 Å². The highest BCUT2D eigenvalue weighted by atomic mass is 15.0. The van der Waals surface area contributed by atoms with Crippen molar-refractivity contribution in [3.63, 3.8) is 0 Å². The third-order valence-corrected chi connectivity index (χ3v) is 13.7. The molecule has 0 saturated carbocycles. The number of hydrogen-bond donors (Lipinski definition) is 0. The van der Waals surface area contributed by atoms with E-state index < -0.39 is 0 Å². The van der Waals surface area contributed by atoms with Gasteiger partial charge in [-0.1, -0.05) is 185 Å². The van der Waals surface area contributed by atoms with Gasteiger partial charge in [-0.15, -0.1) is 10.9 Å². The second-order valence-electron chi connectivity index (χ2n) is 17.6. The summed E-state index contributed by atoms with van der Waals surface area (Å²) in [7, 11) is 49.2. The van der Waals surface area contributed by atoms with Crippen molar-refractivity contribution in [3.05, 3.63) is 200 Å². The molecule has 304 valence electrons. The van der Waals surface area contributed by atoms with E-state index in [4.69, 9.17) is 54.9 Å². The molecule has 2 heterocycles. The van der Waals surface area contributed by atoms with Crippen LogP contribution in [0.3, 0.4) is 0 Å². The minimum absolute atomic E-state index is 0.170. The number of benzene rings is 10. The van der Waals surface area contributed by atoms with E-state index in [-0.39, 0.29) is 21.9 Å². The van der Waals surface area contributed by atoms with Crippen molar-refractivity contribution in [2.24, 2.45) is 0 Å². The maximum Gasteiger partial charge on any atom is 0.115 e. The van der Waals surface area contributed by atoms with Gasteiger partial charge < -0.3 is 9.13 Å². The van der Waals surface area contributed by atoms with Crippen LogP contribution in [0.15, 0.2) is 200 Å². The van der Waals surface area contributed by atoms with Crippen LogP contribution in [0.2, 0.25) is 0 Å². The van der Waals surface area contributed by atoms with Crippen LogP contribution in [-0.2, 0) is 0 Å². The first-order chi connectivity index (χ1) is 33.7. The summed E-state index contributed by atoms with van der Waals surface area (Å²) < 4.78 is 4.28. The van der Waals surface area contributed by atoms with Gasteiger partial charge in [-0.05, 0) is 103 Å². The van der Waals surface area contributed by atoms with E-state index >= 15 is 0 Å². The first kappa shape index (κ1) is 42.6. The molecule has 0 saturated heterocycles. The Morgan fingerprint density at radius 1 is 0.261 bits per heavy atom. The fraction of sp³-hybridized carbons (Fsp3) is 0. The molecular weight excluding hydrogens is 824 g/mol. The quantitative estimate of drug-likeness (QED) is 0.145.